The Morgan fingerprint density at radius 2 is 1.76 bits per heavy atom. The fourth-order valence-electron chi connectivity index (χ4n) is 5.26. The quantitative estimate of drug-likeness (QED) is 0.626. The maximum absolute atomic E-state index is 6.11. The topological polar surface area (TPSA) is 73.8 Å². The Bertz CT molecular complexity index is 1050. The van der Waals surface area contributed by atoms with Gasteiger partial charge in [-0.3, -0.25) is 0 Å². The molecule has 3 aromatic rings. The van der Waals surface area contributed by atoms with Crippen LogP contribution in [0, 0.1) is 10.8 Å². The minimum atomic E-state index is 0.133. The highest BCUT2D eigenvalue weighted by atomic mass is 35.5. The van der Waals surface area contributed by atoms with Crippen molar-refractivity contribution in [3.8, 4) is 0 Å². The van der Waals surface area contributed by atoms with E-state index in [4.69, 9.17) is 23.2 Å². The standard InChI is InChI=1S/C20H23Cl2N7/c1-19-7-12(28(3)17-13-4-5-23-16(13)24-11-25-17)8-20(19,2)10-29(9-19)18-26-14(21)6-15(22)27-18/h4-6,11-12H,7-10H2,1-3H3,(H,23,24,25)/t12-,19+,20-. The largest absolute Gasteiger partial charge is 0.356 e. The molecule has 7 nitrogen and oxygen atoms in total. The van der Waals surface area contributed by atoms with Crippen LogP contribution in [-0.4, -0.2) is 51.1 Å². The molecule has 0 radical (unpaired) electrons. The summed E-state index contributed by atoms with van der Waals surface area (Å²) in [6.45, 7) is 6.51. The predicted molar refractivity (Wildman–Crippen MR) is 116 cm³/mol. The number of rotatable bonds is 3. The summed E-state index contributed by atoms with van der Waals surface area (Å²) in [4.78, 5) is 25.4. The summed E-state index contributed by atoms with van der Waals surface area (Å²) in [6, 6.07) is 4.02. The van der Waals surface area contributed by atoms with E-state index in [0.717, 1.165) is 42.8 Å². The summed E-state index contributed by atoms with van der Waals surface area (Å²) in [5.74, 6) is 1.60. The van der Waals surface area contributed by atoms with Crippen molar-refractivity contribution in [2.75, 3.05) is 29.9 Å². The summed E-state index contributed by atoms with van der Waals surface area (Å²) in [7, 11) is 2.14. The molecule has 0 aromatic carbocycles. The SMILES string of the molecule is CN(c1ncnc2[nH]ccc12)[C@@H]1C[C@@]2(C)CN(c3nc(Cl)cc(Cl)n3)C[C@@]2(C)C1. The van der Waals surface area contributed by atoms with E-state index in [1.807, 2.05) is 12.3 Å². The van der Waals surface area contributed by atoms with Gasteiger partial charge >= 0.3 is 0 Å². The maximum atomic E-state index is 6.11. The Morgan fingerprint density at radius 3 is 2.41 bits per heavy atom. The van der Waals surface area contributed by atoms with Gasteiger partial charge in [-0.05, 0) is 29.7 Å². The Hall–Kier alpha value is -2.12. The van der Waals surface area contributed by atoms with E-state index in [-0.39, 0.29) is 10.8 Å². The van der Waals surface area contributed by atoms with Crippen LogP contribution in [0.2, 0.25) is 10.3 Å². The lowest BCUT2D eigenvalue weighted by Gasteiger charge is -2.31. The van der Waals surface area contributed by atoms with Crippen LogP contribution in [0.5, 0.6) is 0 Å². The Kier molecular flexibility index (Phi) is 4.19. The molecule has 3 aromatic heterocycles. The van der Waals surface area contributed by atoms with Gasteiger partial charge in [0, 0.05) is 38.4 Å². The van der Waals surface area contributed by atoms with Crippen LogP contribution < -0.4 is 9.80 Å². The third kappa shape index (κ3) is 2.94. The Labute approximate surface area is 179 Å². The van der Waals surface area contributed by atoms with E-state index >= 15 is 0 Å². The first-order chi connectivity index (χ1) is 13.8. The van der Waals surface area contributed by atoms with Crippen molar-refractivity contribution in [1.29, 1.82) is 0 Å². The molecule has 1 aliphatic carbocycles. The number of anilines is 2. The van der Waals surface area contributed by atoms with Crippen LogP contribution in [0.25, 0.3) is 11.0 Å². The van der Waals surface area contributed by atoms with Gasteiger partial charge in [-0.2, -0.15) is 0 Å². The first-order valence-corrected chi connectivity index (χ1v) is 10.5. The van der Waals surface area contributed by atoms with Crippen LogP contribution >= 0.6 is 23.2 Å². The number of hydrogen-bond acceptors (Lipinski definition) is 6. The van der Waals surface area contributed by atoms with Gasteiger partial charge in [0.2, 0.25) is 5.95 Å². The smallest absolute Gasteiger partial charge is 0.228 e. The van der Waals surface area contributed by atoms with Crippen molar-refractivity contribution in [1.82, 2.24) is 24.9 Å². The van der Waals surface area contributed by atoms with Crippen LogP contribution in [0.4, 0.5) is 11.8 Å². The zero-order valence-electron chi connectivity index (χ0n) is 16.7. The highest BCUT2D eigenvalue weighted by molar-refractivity contribution is 6.33. The number of aromatic nitrogens is 5. The highest BCUT2D eigenvalue weighted by Gasteiger charge is 2.59. The lowest BCUT2D eigenvalue weighted by atomic mass is 9.71. The summed E-state index contributed by atoms with van der Waals surface area (Å²) in [5, 5.41) is 1.82. The molecule has 1 aliphatic heterocycles. The van der Waals surface area contributed by atoms with Gasteiger partial charge in [0.05, 0.1) is 5.39 Å². The van der Waals surface area contributed by atoms with Gasteiger partial charge in [0.25, 0.3) is 0 Å². The molecule has 29 heavy (non-hydrogen) atoms. The number of aromatic amines is 1. The van der Waals surface area contributed by atoms with E-state index in [0.29, 0.717) is 22.3 Å². The Balaban J connectivity index is 1.41. The number of nitrogens with one attached hydrogen (secondary N) is 1. The molecule has 0 unspecified atom stereocenters. The molecule has 1 saturated heterocycles. The zero-order chi connectivity index (χ0) is 20.4. The average molecular weight is 432 g/mol. The van der Waals surface area contributed by atoms with E-state index in [1.54, 1.807) is 12.4 Å². The zero-order valence-corrected chi connectivity index (χ0v) is 18.2. The lowest BCUT2D eigenvalue weighted by Crippen LogP contribution is -2.34. The molecule has 9 heteroatoms. The van der Waals surface area contributed by atoms with Gasteiger partial charge in [-0.1, -0.05) is 37.0 Å². The number of hydrogen-bond donors (Lipinski definition) is 1. The second-order valence-electron chi connectivity index (χ2n) is 8.90. The lowest BCUT2D eigenvalue weighted by molar-refractivity contribution is 0.184. The summed E-state index contributed by atoms with van der Waals surface area (Å²) >= 11 is 12.2. The summed E-state index contributed by atoms with van der Waals surface area (Å²) < 4.78 is 0. The first kappa shape index (κ1) is 18.9. The van der Waals surface area contributed by atoms with Gasteiger partial charge in [-0.15, -0.1) is 0 Å². The molecule has 2 fully saturated rings. The van der Waals surface area contributed by atoms with E-state index in [2.05, 4.69) is 55.6 Å². The van der Waals surface area contributed by atoms with Gasteiger partial charge < -0.3 is 14.8 Å². The van der Waals surface area contributed by atoms with Crippen LogP contribution in [-0.2, 0) is 0 Å². The number of fused-ring (bicyclic) bond motifs is 2. The van der Waals surface area contributed by atoms with E-state index in [9.17, 15) is 0 Å². The predicted octanol–water partition coefficient (Wildman–Crippen LogP) is 4.19. The molecule has 5 rings (SSSR count). The van der Waals surface area contributed by atoms with Gasteiger partial charge in [-0.25, -0.2) is 19.9 Å². The minimum absolute atomic E-state index is 0.133. The number of nitrogens with zero attached hydrogens (tertiary/aromatic N) is 6. The van der Waals surface area contributed by atoms with Crippen molar-refractivity contribution < 1.29 is 0 Å². The molecule has 3 atom stereocenters. The van der Waals surface area contributed by atoms with E-state index in [1.165, 1.54) is 0 Å². The van der Waals surface area contributed by atoms with E-state index < -0.39 is 0 Å². The number of H-pyrrole nitrogens is 1. The van der Waals surface area contributed by atoms with Crippen molar-refractivity contribution in [3.05, 3.63) is 35.0 Å². The molecule has 0 spiro atoms. The minimum Gasteiger partial charge on any atom is -0.356 e. The maximum Gasteiger partial charge on any atom is 0.228 e. The summed E-state index contributed by atoms with van der Waals surface area (Å²) in [5.41, 5.74) is 1.14. The normalized spacial score (nSPS) is 28.9. The molecule has 4 heterocycles. The van der Waals surface area contributed by atoms with Crippen molar-refractivity contribution >= 4 is 46.0 Å². The second kappa shape index (κ2) is 6.44. The van der Waals surface area contributed by atoms with Crippen molar-refractivity contribution in [2.24, 2.45) is 10.8 Å². The van der Waals surface area contributed by atoms with Crippen molar-refractivity contribution in [2.45, 2.75) is 32.7 Å². The molecule has 0 amide bonds. The molecule has 152 valence electrons. The van der Waals surface area contributed by atoms with Crippen LogP contribution in [0.1, 0.15) is 26.7 Å². The fraction of sp³-hybridized carbons (Fsp3) is 0.500. The molecule has 0 bridgehead atoms. The van der Waals surface area contributed by atoms with Crippen LogP contribution in [0.3, 0.4) is 0 Å². The first-order valence-electron chi connectivity index (χ1n) is 9.74. The summed E-state index contributed by atoms with van der Waals surface area (Å²) in [6.07, 6.45) is 5.68. The van der Waals surface area contributed by atoms with Gasteiger partial charge in [0.1, 0.15) is 28.1 Å². The molecule has 1 N–H and O–H groups in total. The molecule has 1 saturated carbocycles. The second-order valence-corrected chi connectivity index (χ2v) is 9.68. The molecular formula is C20H23Cl2N7. The fourth-order valence-corrected chi connectivity index (χ4v) is 5.68. The van der Waals surface area contributed by atoms with Gasteiger partial charge in [0.15, 0.2) is 0 Å². The molecular weight excluding hydrogens is 409 g/mol. The third-order valence-electron chi connectivity index (χ3n) is 7.06. The Morgan fingerprint density at radius 1 is 1.10 bits per heavy atom. The monoisotopic (exact) mass is 431 g/mol. The molecule has 2 aliphatic rings. The highest BCUT2D eigenvalue weighted by Crippen LogP contribution is 2.58. The average Bonchev–Trinajstić information content (AvgIpc) is 3.29. The van der Waals surface area contributed by atoms with Crippen LogP contribution in [0.15, 0.2) is 24.7 Å². The van der Waals surface area contributed by atoms with Crippen molar-refractivity contribution in [3.63, 3.8) is 0 Å². The third-order valence-corrected chi connectivity index (χ3v) is 7.45. The number of halogens is 2.